The largest absolute Gasteiger partial charge is 0.370 e. The molecule has 0 aromatic rings. The standard InChI is InChI=1S/C5H10F2N2O/c1-5(6,7)9-3-2-4(8)10/h9H,2-3H2,1H3,(H2,8,10). The summed E-state index contributed by atoms with van der Waals surface area (Å²) < 4.78 is 23.8. The van der Waals surface area contributed by atoms with Crippen molar-refractivity contribution in [3.63, 3.8) is 0 Å². The Bertz CT molecular complexity index is 121. The minimum atomic E-state index is -2.92. The smallest absolute Gasteiger partial charge is 0.299 e. The molecule has 0 aromatic carbocycles. The third kappa shape index (κ3) is 7.29. The molecule has 0 fully saturated rings. The number of carbonyl (C=O) groups is 1. The number of alkyl halides is 2. The van der Waals surface area contributed by atoms with Gasteiger partial charge in [0.2, 0.25) is 5.91 Å². The molecule has 0 saturated heterocycles. The molecule has 0 aromatic heterocycles. The van der Waals surface area contributed by atoms with Crippen LogP contribution in [0.4, 0.5) is 8.78 Å². The van der Waals surface area contributed by atoms with Gasteiger partial charge in [-0.1, -0.05) is 0 Å². The van der Waals surface area contributed by atoms with Crippen LogP contribution in [0.15, 0.2) is 0 Å². The first-order valence-electron chi connectivity index (χ1n) is 2.83. The van der Waals surface area contributed by atoms with Crippen LogP contribution in [-0.2, 0) is 4.79 Å². The minimum Gasteiger partial charge on any atom is -0.370 e. The third-order valence-corrected chi connectivity index (χ3v) is 0.807. The number of hydrogen-bond donors (Lipinski definition) is 2. The Kier molecular flexibility index (Phi) is 3.21. The first-order valence-corrected chi connectivity index (χ1v) is 2.83. The van der Waals surface area contributed by atoms with E-state index in [2.05, 4.69) is 0 Å². The molecule has 0 radical (unpaired) electrons. The molecule has 0 aliphatic rings. The van der Waals surface area contributed by atoms with Gasteiger partial charge in [0.25, 0.3) is 6.05 Å². The topological polar surface area (TPSA) is 55.1 Å². The number of rotatable bonds is 4. The van der Waals surface area contributed by atoms with Gasteiger partial charge in [-0.25, -0.2) is 0 Å². The van der Waals surface area contributed by atoms with E-state index in [4.69, 9.17) is 5.73 Å². The van der Waals surface area contributed by atoms with Crippen LogP contribution >= 0.6 is 0 Å². The van der Waals surface area contributed by atoms with Gasteiger partial charge in [0.1, 0.15) is 0 Å². The van der Waals surface area contributed by atoms with Crippen molar-refractivity contribution in [1.82, 2.24) is 5.32 Å². The summed E-state index contributed by atoms with van der Waals surface area (Å²) >= 11 is 0. The second-order valence-electron chi connectivity index (χ2n) is 2.03. The van der Waals surface area contributed by atoms with E-state index >= 15 is 0 Å². The fraction of sp³-hybridized carbons (Fsp3) is 0.800. The van der Waals surface area contributed by atoms with Crippen molar-refractivity contribution >= 4 is 5.91 Å². The molecule has 0 aliphatic heterocycles. The van der Waals surface area contributed by atoms with Crippen molar-refractivity contribution < 1.29 is 13.6 Å². The van der Waals surface area contributed by atoms with Gasteiger partial charge >= 0.3 is 0 Å². The molecule has 3 N–H and O–H groups in total. The minimum absolute atomic E-state index is 0.0660. The number of nitrogens with one attached hydrogen (secondary N) is 1. The second-order valence-corrected chi connectivity index (χ2v) is 2.03. The van der Waals surface area contributed by atoms with Crippen LogP contribution in [0.5, 0.6) is 0 Å². The molecule has 3 nitrogen and oxygen atoms in total. The lowest BCUT2D eigenvalue weighted by molar-refractivity contribution is -0.118. The molecular weight excluding hydrogens is 142 g/mol. The molecule has 0 atom stereocenters. The first-order chi connectivity index (χ1) is 4.42. The number of amides is 1. The van der Waals surface area contributed by atoms with Crippen molar-refractivity contribution in [3.05, 3.63) is 0 Å². The van der Waals surface area contributed by atoms with Crippen molar-refractivity contribution in [3.8, 4) is 0 Å². The maximum Gasteiger partial charge on any atom is 0.299 e. The molecule has 0 saturated carbocycles. The van der Waals surface area contributed by atoms with Crippen LogP contribution in [0.25, 0.3) is 0 Å². The highest BCUT2D eigenvalue weighted by Gasteiger charge is 2.18. The monoisotopic (exact) mass is 152 g/mol. The van der Waals surface area contributed by atoms with Crippen LogP contribution in [0.2, 0.25) is 0 Å². The van der Waals surface area contributed by atoms with E-state index in [0.29, 0.717) is 6.92 Å². The van der Waals surface area contributed by atoms with Crippen molar-refractivity contribution in [2.45, 2.75) is 19.4 Å². The van der Waals surface area contributed by atoms with Gasteiger partial charge in [0.15, 0.2) is 0 Å². The van der Waals surface area contributed by atoms with Crippen LogP contribution < -0.4 is 11.1 Å². The second kappa shape index (κ2) is 3.46. The van der Waals surface area contributed by atoms with Crippen molar-refractivity contribution in [1.29, 1.82) is 0 Å². The molecule has 5 heteroatoms. The molecule has 0 aliphatic carbocycles. The summed E-state index contributed by atoms with van der Waals surface area (Å²) in [5.41, 5.74) is 4.70. The van der Waals surface area contributed by atoms with E-state index in [0.717, 1.165) is 0 Å². The number of hydrogen-bond acceptors (Lipinski definition) is 2. The molecule has 0 spiro atoms. The average molecular weight is 152 g/mol. The molecule has 0 rings (SSSR count). The lowest BCUT2D eigenvalue weighted by atomic mass is 10.4. The van der Waals surface area contributed by atoms with Gasteiger partial charge < -0.3 is 5.73 Å². The van der Waals surface area contributed by atoms with Crippen LogP contribution in [0.3, 0.4) is 0 Å². The van der Waals surface area contributed by atoms with E-state index in [1.54, 1.807) is 0 Å². The Hall–Kier alpha value is -0.710. The van der Waals surface area contributed by atoms with Crippen molar-refractivity contribution in [2.75, 3.05) is 6.54 Å². The van der Waals surface area contributed by atoms with Crippen molar-refractivity contribution in [2.24, 2.45) is 5.73 Å². The Morgan fingerprint density at radius 1 is 1.70 bits per heavy atom. The zero-order chi connectivity index (χ0) is 8.20. The molecular formula is C5H10F2N2O. The predicted octanol–water partition coefficient (Wildman–Crippen LogP) is 0.0641. The maximum atomic E-state index is 11.9. The fourth-order valence-electron chi connectivity index (χ4n) is 0.405. The molecule has 0 bridgehead atoms. The predicted molar refractivity (Wildman–Crippen MR) is 32.4 cm³/mol. The normalized spacial score (nSPS) is 11.5. The third-order valence-electron chi connectivity index (χ3n) is 0.807. The summed E-state index contributed by atoms with van der Waals surface area (Å²) in [6, 6.07) is -2.92. The van der Waals surface area contributed by atoms with Gasteiger partial charge in [-0.3, -0.25) is 10.1 Å². The SMILES string of the molecule is CC(F)(F)NCCC(N)=O. The van der Waals surface area contributed by atoms with Gasteiger partial charge in [-0.2, -0.15) is 8.78 Å². The molecule has 0 unspecified atom stereocenters. The number of halogens is 2. The van der Waals surface area contributed by atoms with Crippen LogP contribution in [0, 0.1) is 0 Å². The Morgan fingerprint density at radius 2 is 2.20 bits per heavy atom. The highest BCUT2D eigenvalue weighted by molar-refractivity contribution is 5.73. The highest BCUT2D eigenvalue weighted by Crippen LogP contribution is 2.04. The van der Waals surface area contributed by atoms with Gasteiger partial charge in [0.05, 0.1) is 0 Å². The fourth-order valence-corrected chi connectivity index (χ4v) is 0.405. The van der Waals surface area contributed by atoms with Gasteiger partial charge in [-0.05, 0) is 0 Å². The quantitative estimate of drug-likeness (QED) is 0.560. The first kappa shape index (κ1) is 9.29. The van der Waals surface area contributed by atoms with Crippen LogP contribution in [-0.4, -0.2) is 18.5 Å². The number of primary amides is 1. The zero-order valence-electron chi connectivity index (χ0n) is 5.66. The van der Waals surface area contributed by atoms with Crippen LogP contribution in [0.1, 0.15) is 13.3 Å². The van der Waals surface area contributed by atoms with Gasteiger partial charge in [0, 0.05) is 19.9 Å². The lowest BCUT2D eigenvalue weighted by Crippen LogP contribution is -2.35. The molecule has 60 valence electrons. The van der Waals surface area contributed by atoms with E-state index in [1.165, 1.54) is 0 Å². The Balaban J connectivity index is 3.29. The van der Waals surface area contributed by atoms with E-state index < -0.39 is 12.0 Å². The zero-order valence-corrected chi connectivity index (χ0v) is 5.66. The lowest BCUT2D eigenvalue weighted by Gasteiger charge is -2.10. The highest BCUT2D eigenvalue weighted by atomic mass is 19.3. The molecule has 1 amide bonds. The number of carbonyl (C=O) groups excluding carboxylic acids is 1. The summed E-state index contributed by atoms with van der Waals surface area (Å²) in [6.07, 6.45) is -0.0660. The number of nitrogens with two attached hydrogens (primary N) is 1. The summed E-state index contributed by atoms with van der Waals surface area (Å²) in [5, 5.41) is 1.82. The Morgan fingerprint density at radius 3 is 2.50 bits per heavy atom. The van der Waals surface area contributed by atoms with E-state index in [-0.39, 0.29) is 13.0 Å². The van der Waals surface area contributed by atoms with E-state index in [9.17, 15) is 13.6 Å². The summed E-state index contributed by atoms with van der Waals surface area (Å²) in [5.74, 6) is -0.586. The maximum absolute atomic E-state index is 11.9. The molecule has 0 heterocycles. The van der Waals surface area contributed by atoms with Gasteiger partial charge in [-0.15, -0.1) is 0 Å². The summed E-state index contributed by atoms with van der Waals surface area (Å²) in [7, 11) is 0. The average Bonchev–Trinajstić information content (AvgIpc) is 1.59. The van der Waals surface area contributed by atoms with E-state index in [1.807, 2.05) is 5.32 Å². The Labute approximate surface area is 57.6 Å². The summed E-state index contributed by atoms with van der Waals surface area (Å²) in [4.78, 5) is 10.0. The summed E-state index contributed by atoms with van der Waals surface area (Å²) in [6.45, 7) is 0.632. The molecule has 10 heavy (non-hydrogen) atoms.